The molecule has 0 aromatic rings. The molecule has 0 saturated carbocycles. The molecule has 121 valence electrons. The summed E-state index contributed by atoms with van der Waals surface area (Å²) in [6, 6.07) is 0. The number of hydrogen-bond donors (Lipinski definition) is 4. The summed E-state index contributed by atoms with van der Waals surface area (Å²) in [5, 5.41) is 19.0. The minimum atomic E-state index is -0.712. The molecule has 0 aromatic heterocycles. The summed E-state index contributed by atoms with van der Waals surface area (Å²) in [6.45, 7) is 8.58. The molecule has 1 saturated heterocycles. The second-order valence-corrected chi connectivity index (χ2v) is 4.94. The number of carboxylic acids is 1. The van der Waals surface area contributed by atoms with Crippen molar-refractivity contribution in [2.24, 2.45) is 0 Å². The Morgan fingerprint density at radius 3 is 2.15 bits per heavy atom. The summed E-state index contributed by atoms with van der Waals surface area (Å²) in [5.41, 5.74) is 0. The third kappa shape index (κ3) is 11.6. The van der Waals surface area contributed by atoms with E-state index < -0.39 is 5.97 Å². The van der Waals surface area contributed by atoms with Crippen LogP contribution in [0.15, 0.2) is 0 Å². The van der Waals surface area contributed by atoms with Gasteiger partial charge in [0.2, 0.25) is 0 Å². The van der Waals surface area contributed by atoms with Crippen LogP contribution >= 0.6 is 0 Å². The van der Waals surface area contributed by atoms with E-state index in [1.54, 1.807) is 0 Å². The van der Waals surface area contributed by atoms with E-state index in [2.05, 4.69) is 20.9 Å². The van der Waals surface area contributed by atoms with Crippen molar-refractivity contribution in [3.05, 3.63) is 0 Å². The maximum atomic E-state index is 10.6. The normalized spacial score (nSPS) is 20.6. The Balaban J connectivity index is 0.00000361. The van der Waals surface area contributed by atoms with Crippen LogP contribution in [0.2, 0.25) is 0 Å². The van der Waals surface area contributed by atoms with E-state index in [1.807, 2.05) is 0 Å². The number of rotatable bonds is 3. The van der Waals surface area contributed by atoms with Crippen LogP contribution in [0, 0.1) is 0 Å². The first-order valence-corrected chi connectivity index (χ1v) is 7.35. The first-order valence-electron chi connectivity index (χ1n) is 7.35. The van der Waals surface area contributed by atoms with Crippen molar-refractivity contribution in [3.63, 3.8) is 0 Å². The van der Waals surface area contributed by atoms with Crippen molar-refractivity contribution in [3.8, 4) is 0 Å². The van der Waals surface area contributed by atoms with Gasteiger partial charge in [0.25, 0.3) is 0 Å². The smallest absolute Gasteiger partial charge is 0.481 e. The zero-order chi connectivity index (χ0) is 13.8. The molecule has 1 aliphatic heterocycles. The van der Waals surface area contributed by atoms with Crippen LogP contribution in [0.1, 0.15) is 19.3 Å². The fourth-order valence-corrected chi connectivity index (χ4v) is 2.14. The fraction of sp³-hybridized carbons (Fsp3) is 0.923. The Kier molecular flexibility index (Phi) is 13.7. The van der Waals surface area contributed by atoms with Crippen molar-refractivity contribution in [1.82, 2.24) is 20.9 Å². The zero-order valence-corrected chi connectivity index (χ0v) is 13.0. The van der Waals surface area contributed by atoms with Crippen LogP contribution in [-0.4, -0.2) is 74.9 Å². The van der Waals surface area contributed by atoms with Gasteiger partial charge in [-0.05, 0) is 39.0 Å². The van der Waals surface area contributed by atoms with Gasteiger partial charge in [0.15, 0.2) is 0 Å². The number of aliphatic carboxylic acids is 1. The summed E-state index contributed by atoms with van der Waals surface area (Å²) < 4.78 is 0. The molecule has 1 heterocycles. The Labute approximate surface area is 132 Å². The topological polar surface area (TPSA) is 76.6 Å². The predicted molar refractivity (Wildman–Crippen MR) is 76.5 cm³/mol. The van der Waals surface area contributed by atoms with Crippen LogP contribution < -0.4 is 16.0 Å². The van der Waals surface area contributed by atoms with Crippen molar-refractivity contribution >= 4 is 5.97 Å². The molecule has 1 rings (SSSR count). The van der Waals surface area contributed by atoms with Gasteiger partial charge in [-0.25, -0.2) is 0 Å². The molecule has 0 spiro atoms. The van der Waals surface area contributed by atoms with Gasteiger partial charge in [-0.2, -0.15) is 0 Å². The Hall–Kier alpha value is -0.171. The minimum Gasteiger partial charge on any atom is -0.481 e. The first kappa shape index (κ1) is 19.8. The van der Waals surface area contributed by atoms with E-state index in [0.717, 1.165) is 65.2 Å². The van der Waals surface area contributed by atoms with E-state index in [4.69, 9.17) is 5.11 Å². The molecule has 0 aliphatic carbocycles. The Morgan fingerprint density at radius 1 is 0.900 bits per heavy atom. The maximum absolute atomic E-state index is 10.6. The van der Waals surface area contributed by atoms with E-state index >= 15 is 0 Å². The van der Waals surface area contributed by atoms with Crippen molar-refractivity contribution < 1.29 is 27.0 Å². The summed E-state index contributed by atoms with van der Waals surface area (Å²) in [4.78, 5) is 12.9. The maximum Gasteiger partial charge on any atom is 2.00 e. The zero-order valence-electron chi connectivity index (χ0n) is 12.1. The fourth-order valence-electron chi connectivity index (χ4n) is 2.14. The standard InChI is InChI=1S/C13H28N4O2.Cu/c18-13(19)3-11-17-10-2-6-15-8-7-14-4-1-5-16-9-12-17;/h14-16H,1-12H2,(H,18,19);/q;+2. The summed E-state index contributed by atoms with van der Waals surface area (Å²) in [7, 11) is 0. The van der Waals surface area contributed by atoms with Crippen molar-refractivity contribution in [1.29, 1.82) is 0 Å². The Morgan fingerprint density at radius 2 is 1.50 bits per heavy atom. The average Bonchev–Trinajstić information content (AvgIpc) is 2.39. The summed E-state index contributed by atoms with van der Waals surface area (Å²) in [5.74, 6) is -0.712. The molecular weight excluding hydrogens is 308 g/mol. The van der Waals surface area contributed by atoms with Gasteiger partial charge in [-0.3, -0.25) is 4.79 Å². The molecule has 0 unspecified atom stereocenters. The molecule has 1 aliphatic rings. The molecule has 0 amide bonds. The summed E-state index contributed by atoms with van der Waals surface area (Å²) in [6.07, 6.45) is 2.44. The van der Waals surface area contributed by atoms with Gasteiger partial charge in [-0.15, -0.1) is 0 Å². The molecule has 20 heavy (non-hydrogen) atoms. The van der Waals surface area contributed by atoms with Crippen molar-refractivity contribution in [2.45, 2.75) is 19.3 Å². The molecule has 0 bridgehead atoms. The van der Waals surface area contributed by atoms with Crippen molar-refractivity contribution in [2.75, 3.05) is 58.9 Å². The minimum absolute atomic E-state index is 0. The van der Waals surface area contributed by atoms with Crippen LogP contribution in [-0.2, 0) is 21.9 Å². The molecule has 1 radical (unpaired) electrons. The van der Waals surface area contributed by atoms with Crippen LogP contribution in [0.25, 0.3) is 0 Å². The SMILES string of the molecule is O=C(O)CCN1CCCNCCNCCCNCC1.[Cu+2]. The third-order valence-electron chi connectivity index (χ3n) is 3.26. The number of carbonyl (C=O) groups is 1. The number of nitrogens with zero attached hydrogens (tertiary/aromatic N) is 1. The molecule has 0 atom stereocenters. The van der Waals surface area contributed by atoms with E-state index in [9.17, 15) is 4.79 Å². The number of carboxylic acid groups (broad SMARTS) is 1. The van der Waals surface area contributed by atoms with Gasteiger partial charge in [0, 0.05) is 32.7 Å². The quantitative estimate of drug-likeness (QED) is 0.512. The Bertz CT molecular complexity index is 230. The predicted octanol–water partition coefficient (Wildman–Crippen LogP) is -0.677. The average molecular weight is 336 g/mol. The van der Waals surface area contributed by atoms with Gasteiger partial charge >= 0.3 is 23.0 Å². The van der Waals surface area contributed by atoms with E-state index in [1.165, 1.54) is 0 Å². The third-order valence-corrected chi connectivity index (χ3v) is 3.26. The van der Waals surface area contributed by atoms with E-state index in [0.29, 0.717) is 6.54 Å². The van der Waals surface area contributed by atoms with Gasteiger partial charge in [0.05, 0.1) is 6.42 Å². The molecule has 4 N–H and O–H groups in total. The summed E-state index contributed by atoms with van der Waals surface area (Å²) >= 11 is 0. The molecular formula is C13H28CuN4O2+2. The second-order valence-electron chi connectivity index (χ2n) is 4.94. The molecule has 1 fully saturated rings. The van der Waals surface area contributed by atoms with Crippen LogP contribution in [0.5, 0.6) is 0 Å². The molecule has 7 heteroatoms. The monoisotopic (exact) mass is 335 g/mol. The first-order chi connectivity index (χ1) is 9.29. The van der Waals surface area contributed by atoms with Crippen LogP contribution in [0.3, 0.4) is 0 Å². The van der Waals surface area contributed by atoms with Gasteiger partial charge in [-0.1, -0.05) is 0 Å². The molecule has 6 nitrogen and oxygen atoms in total. The largest absolute Gasteiger partial charge is 2.00 e. The number of hydrogen-bond acceptors (Lipinski definition) is 5. The molecule has 0 aromatic carbocycles. The number of nitrogens with one attached hydrogen (secondary N) is 3. The second kappa shape index (κ2) is 13.8. The van der Waals surface area contributed by atoms with Crippen LogP contribution in [0.4, 0.5) is 0 Å². The van der Waals surface area contributed by atoms with E-state index in [-0.39, 0.29) is 23.5 Å². The van der Waals surface area contributed by atoms with Gasteiger partial charge in [0.1, 0.15) is 0 Å². The van der Waals surface area contributed by atoms with Gasteiger partial charge < -0.3 is 26.0 Å².